The molecule has 1 amide bonds. The van der Waals surface area contributed by atoms with Crippen LogP contribution in [-0.2, 0) is 0 Å². The number of carbonyl (C=O) groups is 1. The Bertz CT molecular complexity index is 475. The van der Waals surface area contributed by atoms with Gasteiger partial charge in [-0.15, -0.1) is 0 Å². The molecule has 0 atom stereocenters. The first kappa shape index (κ1) is 17.8. The normalized spacial score (nSPS) is 11.0. The van der Waals surface area contributed by atoms with Crippen LogP contribution in [0.2, 0.25) is 5.02 Å². The van der Waals surface area contributed by atoms with Gasteiger partial charge in [0, 0.05) is 25.3 Å². The van der Waals surface area contributed by atoms with Crippen molar-refractivity contribution in [1.29, 1.82) is 0 Å². The van der Waals surface area contributed by atoms with Gasteiger partial charge in [0.1, 0.15) is 5.82 Å². The third-order valence-corrected chi connectivity index (χ3v) is 3.36. The van der Waals surface area contributed by atoms with Crippen molar-refractivity contribution in [2.45, 2.75) is 47.1 Å². The Kier molecular flexibility index (Phi) is 6.96. The molecule has 0 fully saturated rings. The Morgan fingerprint density at radius 1 is 1.38 bits per heavy atom. The first-order valence-corrected chi connectivity index (χ1v) is 7.95. The van der Waals surface area contributed by atoms with Gasteiger partial charge in [-0.1, -0.05) is 32.4 Å². The Balaban J connectivity index is 2.93. The van der Waals surface area contributed by atoms with Crippen molar-refractivity contribution < 1.29 is 4.79 Å². The molecule has 5 heteroatoms. The maximum Gasteiger partial charge on any atom is 0.255 e. The van der Waals surface area contributed by atoms with Crippen molar-refractivity contribution in [2.75, 3.05) is 18.4 Å². The summed E-state index contributed by atoms with van der Waals surface area (Å²) in [4.78, 5) is 18.7. The highest BCUT2D eigenvalue weighted by atomic mass is 35.5. The van der Waals surface area contributed by atoms with Gasteiger partial charge in [0.05, 0.1) is 10.6 Å². The molecular formula is C16H26ClN3O. The second-order valence-electron chi connectivity index (χ2n) is 5.93. The number of hydrogen-bond acceptors (Lipinski definition) is 3. The zero-order chi connectivity index (χ0) is 16.0. The van der Waals surface area contributed by atoms with E-state index in [1.165, 1.54) is 0 Å². The van der Waals surface area contributed by atoms with E-state index in [2.05, 4.69) is 31.1 Å². The van der Waals surface area contributed by atoms with Crippen molar-refractivity contribution in [3.8, 4) is 0 Å². The molecule has 1 rings (SSSR count). The average Bonchev–Trinajstić information content (AvgIpc) is 2.42. The zero-order valence-corrected chi connectivity index (χ0v) is 14.4. The summed E-state index contributed by atoms with van der Waals surface area (Å²) in [6.45, 7) is 11.9. The van der Waals surface area contributed by atoms with E-state index in [4.69, 9.17) is 11.6 Å². The molecule has 1 aromatic heterocycles. The van der Waals surface area contributed by atoms with Gasteiger partial charge in [-0.25, -0.2) is 4.98 Å². The van der Waals surface area contributed by atoms with Crippen LogP contribution >= 0.6 is 11.6 Å². The molecule has 0 aromatic carbocycles. The smallest absolute Gasteiger partial charge is 0.255 e. The molecule has 0 unspecified atom stereocenters. The molecule has 0 saturated carbocycles. The highest BCUT2D eigenvalue weighted by molar-refractivity contribution is 6.33. The number of nitrogens with zero attached hydrogens (tertiary/aromatic N) is 2. The SMILES string of the molecule is CCCNc1ncc(C(=O)N(CC(C)C)C(C)C)cc1Cl. The van der Waals surface area contributed by atoms with Crippen molar-refractivity contribution in [3.05, 3.63) is 22.8 Å². The molecule has 0 aliphatic carbocycles. The topological polar surface area (TPSA) is 45.2 Å². The standard InChI is InChI=1S/C16H26ClN3O/c1-6-7-18-15-14(17)8-13(9-19-15)16(21)20(12(4)5)10-11(2)3/h8-9,11-12H,6-7,10H2,1-5H3,(H,18,19). The van der Waals surface area contributed by atoms with Gasteiger partial charge < -0.3 is 10.2 Å². The highest BCUT2D eigenvalue weighted by Crippen LogP contribution is 2.21. The fraction of sp³-hybridized carbons (Fsp3) is 0.625. The van der Waals surface area contributed by atoms with Crippen molar-refractivity contribution in [1.82, 2.24) is 9.88 Å². The van der Waals surface area contributed by atoms with E-state index in [1.54, 1.807) is 12.3 Å². The molecule has 1 heterocycles. The third-order valence-electron chi connectivity index (χ3n) is 3.08. The van der Waals surface area contributed by atoms with Gasteiger partial charge >= 0.3 is 0 Å². The number of amides is 1. The van der Waals surface area contributed by atoms with E-state index < -0.39 is 0 Å². The first-order valence-electron chi connectivity index (χ1n) is 7.57. The van der Waals surface area contributed by atoms with E-state index >= 15 is 0 Å². The molecule has 118 valence electrons. The number of halogens is 1. The number of rotatable bonds is 7. The largest absolute Gasteiger partial charge is 0.369 e. The number of pyridine rings is 1. The van der Waals surface area contributed by atoms with Crippen LogP contribution in [0.15, 0.2) is 12.3 Å². The van der Waals surface area contributed by atoms with Crippen LogP contribution in [0.5, 0.6) is 0 Å². The first-order chi connectivity index (χ1) is 9.86. The number of nitrogens with one attached hydrogen (secondary N) is 1. The van der Waals surface area contributed by atoms with E-state index in [1.807, 2.05) is 18.7 Å². The lowest BCUT2D eigenvalue weighted by atomic mass is 10.1. The molecular weight excluding hydrogens is 286 g/mol. The second kappa shape index (κ2) is 8.23. The summed E-state index contributed by atoms with van der Waals surface area (Å²) >= 11 is 6.20. The average molecular weight is 312 g/mol. The van der Waals surface area contributed by atoms with Crippen LogP contribution in [0.1, 0.15) is 51.4 Å². The van der Waals surface area contributed by atoms with Crippen LogP contribution in [0.4, 0.5) is 5.82 Å². The Morgan fingerprint density at radius 2 is 2.05 bits per heavy atom. The summed E-state index contributed by atoms with van der Waals surface area (Å²) in [5.74, 6) is 1.04. The molecule has 21 heavy (non-hydrogen) atoms. The number of carbonyl (C=O) groups excluding carboxylic acids is 1. The quantitative estimate of drug-likeness (QED) is 0.825. The molecule has 0 aliphatic heterocycles. The van der Waals surface area contributed by atoms with Gasteiger partial charge in [-0.3, -0.25) is 4.79 Å². The van der Waals surface area contributed by atoms with Crippen molar-refractivity contribution in [3.63, 3.8) is 0 Å². The van der Waals surface area contributed by atoms with Crippen molar-refractivity contribution >= 4 is 23.3 Å². The highest BCUT2D eigenvalue weighted by Gasteiger charge is 2.20. The van der Waals surface area contributed by atoms with Crippen LogP contribution in [0, 0.1) is 5.92 Å². The number of anilines is 1. The van der Waals surface area contributed by atoms with Gasteiger partial charge in [-0.05, 0) is 32.3 Å². The van der Waals surface area contributed by atoms with Gasteiger partial charge in [0.15, 0.2) is 0 Å². The minimum Gasteiger partial charge on any atom is -0.369 e. The Hall–Kier alpha value is -1.29. The molecule has 0 aliphatic rings. The van der Waals surface area contributed by atoms with Crippen LogP contribution < -0.4 is 5.32 Å². The lowest BCUT2D eigenvalue weighted by molar-refractivity contribution is 0.0681. The Morgan fingerprint density at radius 3 is 2.52 bits per heavy atom. The van der Waals surface area contributed by atoms with Crippen LogP contribution in [0.25, 0.3) is 0 Å². The van der Waals surface area contributed by atoms with E-state index in [0.717, 1.165) is 19.5 Å². The summed E-state index contributed by atoms with van der Waals surface area (Å²) in [6.07, 6.45) is 2.59. The molecule has 1 aromatic rings. The molecule has 0 bridgehead atoms. The lowest BCUT2D eigenvalue weighted by Gasteiger charge is -2.28. The summed E-state index contributed by atoms with van der Waals surface area (Å²) in [5, 5.41) is 3.63. The van der Waals surface area contributed by atoms with Gasteiger partial charge in [-0.2, -0.15) is 0 Å². The monoisotopic (exact) mass is 311 g/mol. The van der Waals surface area contributed by atoms with E-state index in [-0.39, 0.29) is 11.9 Å². The van der Waals surface area contributed by atoms with Gasteiger partial charge in [0.2, 0.25) is 0 Å². The Labute approximate surface area is 132 Å². The minimum atomic E-state index is -0.0184. The molecule has 0 saturated heterocycles. The molecule has 0 spiro atoms. The van der Waals surface area contributed by atoms with E-state index in [0.29, 0.717) is 22.3 Å². The predicted molar refractivity (Wildman–Crippen MR) is 89.0 cm³/mol. The summed E-state index contributed by atoms with van der Waals surface area (Å²) in [5.41, 5.74) is 0.538. The fourth-order valence-electron chi connectivity index (χ4n) is 2.02. The van der Waals surface area contributed by atoms with E-state index in [9.17, 15) is 4.79 Å². The molecule has 1 N–H and O–H groups in total. The maximum atomic E-state index is 12.6. The number of aromatic nitrogens is 1. The maximum absolute atomic E-state index is 12.6. The van der Waals surface area contributed by atoms with Crippen LogP contribution in [0.3, 0.4) is 0 Å². The molecule has 0 radical (unpaired) electrons. The van der Waals surface area contributed by atoms with Crippen molar-refractivity contribution in [2.24, 2.45) is 5.92 Å². The summed E-state index contributed by atoms with van der Waals surface area (Å²) in [7, 11) is 0. The zero-order valence-electron chi connectivity index (χ0n) is 13.6. The fourth-order valence-corrected chi connectivity index (χ4v) is 2.25. The minimum absolute atomic E-state index is 0.0184. The summed E-state index contributed by atoms with van der Waals surface area (Å²) < 4.78 is 0. The van der Waals surface area contributed by atoms with Gasteiger partial charge in [0.25, 0.3) is 5.91 Å². The van der Waals surface area contributed by atoms with Crippen LogP contribution in [-0.4, -0.2) is 34.9 Å². The second-order valence-corrected chi connectivity index (χ2v) is 6.33. The number of hydrogen-bond donors (Lipinski definition) is 1. The third kappa shape index (κ3) is 5.20. The predicted octanol–water partition coefficient (Wildman–Crippen LogP) is 4.06. The lowest BCUT2D eigenvalue weighted by Crippen LogP contribution is -2.39. The summed E-state index contributed by atoms with van der Waals surface area (Å²) in [6, 6.07) is 1.85. The molecule has 4 nitrogen and oxygen atoms in total.